The lowest BCUT2D eigenvalue weighted by atomic mass is 10.2. The maximum absolute atomic E-state index is 12.3. The number of halogens is 4. The second kappa shape index (κ2) is 7.62. The molecule has 1 amide bonds. The highest BCUT2D eigenvalue weighted by Crippen LogP contribution is 2.40. The van der Waals surface area contributed by atoms with Gasteiger partial charge in [-0.2, -0.15) is 13.2 Å². The second-order valence-corrected chi connectivity index (χ2v) is 4.88. The first-order valence-electron chi connectivity index (χ1n) is 5.18. The molecule has 3 N–H and O–H groups in total. The number of alkyl halides is 3. The molecule has 0 radical (unpaired) electrons. The molecule has 0 aliphatic carbocycles. The lowest BCUT2D eigenvalue weighted by Crippen LogP contribution is -2.24. The third-order valence-electron chi connectivity index (χ3n) is 1.89. The van der Waals surface area contributed by atoms with Crippen LogP contribution < -0.4 is 11.1 Å². The normalized spacial score (nSPS) is 12.5. The zero-order valence-electron chi connectivity index (χ0n) is 10.0. The van der Waals surface area contributed by atoms with Crippen molar-refractivity contribution in [1.29, 1.82) is 0 Å². The fourth-order valence-electron chi connectivity index (χ4n) is 1.28. The number of carbonyl (C=O) groups is 1. The molecule has 3 nitrogen and oxygen atoms in total. The number of benzene rings is 1. The fraction of sp³-hybridized carbons (Fsp3) is 0.364. The van der Waals surface area contributed by atoms with Gasteiger partial charge in [0.25, 0.3) is 0 Å². The first-order valence-corrected chi connectivity index (χ1v) is 6.00. The van der Waals surface area contributed by atoms with Crippen LogP contribution in [0.15, 0.2) is 29.2 Å². The molecule has 0 saturated heterocycles. The van der Waals surface area contributed by atoms with Gasteiger partial charge in [0.15, 0.2) is 0 Å². The monoisotopic (exact) mass is 314 g/mol. The van der Waals surface area contributed by atoms with Gasteiger partial charge in [-0.3, -0.25) is 4.79 Å². The summed E-state index contributed by atoms with van der Waals surface area (Å²) in [7, 11) is 0. The number of anilines is 1. The molecule has 1 aromatic rings. The zero-order chi connectivity index (χ0) is 13.8. The minimum atomic E-state index is -4.39. The van der Waals surface area contributed by atoms with Gasteiger partial charge in [0.05, 0.1) is 5.69 Å². The van der Waals surface area contributed by atoms with Gasteiger partial charge in [-0.15, -0.1) is 12.4 Å². The van der Waals surface area contributed by atoms with Gasteiger partial charge in [-0.05, 0) is 30.8 Å². The Hall–Kier alpha value is -0.920. The van der Waals surface area contributed by atoms with E-state index in [0.29, 0.717) is 0 Å². The van der Waals surface area contributed by atoms with E-state index in [0.717, 1.165) is 0 Å². The number of nitrogens with one attached hydrogen (secondary N) is 1. The number of hydrogen-bond acceptors (Lipinski definition) is 3. The average molecular weight is 315 g/mol. The molecule has 0 fully saturated rings. The van der Waals surface area contributed by atoms with Crippen molar-refractivity contribution in [3.63, 3.8) is 0 Å². The van der Waals surface area contributed by atoms with Crippen molar-refractivity contribution in [3.8, 4) is 0 Å². The van der Waals surface area contributed by atoms with Crippen LogP contribution in [0, 0.1) is 0 Å². The summed E-state index contributed by atoms with van der Waals surface area (Å²) in [6.07, 6.45) is 0.0605. The lowest BCUT2D eigenvalue weighted by Gasteiger charge is -2.12. The highest BCUT2D eigenvalue weighted by Gasteiger charge is 2.30. The highest BCUT2D eigenvalue weighted by atomic mass is 35.5. The van der Waals surface area contributed by atoms with Crippen molar-refractivity contribution in [2.45, 2.75) is 29.8 Å². The van der Waals surface area contributed by atoms with Crippen LogP contribution in [0.2, 0.25) is 0 Å². The van der Waals surface area contributed by atoms with Gasteiger partial charge in [0.1, 0.15) is 0 Å². The van der Waals surface area contributed by atoms with E-state index in [2.05, 4.69) is 5.32 Å². The van der Waals surface area contributed by atoms with E-state index >= 15 is 0 Å². The summed E-state index contributed by atoms with van der Waals surface area (Å²) < 4.78 is 36.9. The van der Waals surface area contributed by atoms with Crippen molar-refractivity contribution in [1.82, 2.24) is 0 Å². The number of hydrogen-bond donors (Lipinski definition) is 2. The number of nitrogens with two attached hydrogens (primary N) is 1. The fourth-order valence-corrected chi connectivity index (χ4v) is 1.90. The van der Waals surface area contributed by atoms with Crippen LogP contribution in [0.4, 0.5) is 18.9 Å². The molecule has 0 aliphatic heterocycles. The third-order valence-corrected chi connectivity index (χ3v) is 2.70. The van der Waals surface area contributed by atoms with Crippen LogP contribution in [0.25, 0.3) is 0 Å². The average Bonchev–Trinajstić information content (AvgIpc) is 2.17. The van der Waals surface area contributed by atoms with Gasteiger partial charge in [-0.1, -0.05) is 12.1 Å². The van der Waals surface area contributed by atoms with Crippen LogP contribution >= 0.6 is 24.2 Å². The van der Waals surface area contributed by atoms with Crippen molar-refractivity contribution >= 4 is 35.8 Å². The predicted octanol–water partition coefficient (Wildman–Crippen LogP) is 3.40. The molecule has 0 aromatic heterocycles. The number of carbonyl (C=O) groups excluding carboxylic acids is 1. The number of para-hydroxylation sites is 1. The molecule has 0 heterocycles. The van der Waals surface area contributed by atoms with Crippen molar-refractivity contribution < 1.29 is 18.0 Å². The Morgan fingerprint density at radius 1 is 1.42 bits per heavy atom. The van der Waals surface area contributed by atoms with Gasteiger partial charge in [0.2, 0.25) is 5.91 Å². The molecule has 1 aromatic carbocycles. The van der Waals surface area contributed by atoms with E-state index in [-0.39, 0.29) is 47.2 Å². The predicted molar refractivity (Wildman–Crippen MR) is 72.5 cm³/mol. The van der Waals surface area contributed by atoms with Gasteiger partial charge < -0.3 is 11.1 Å². The molecule has 108 valence electrons. The van der Waals surface area contributed by atoms with E-state index in [1.54, 1.807) is 13.0 Å². The SMILES string of the molecule is CC(N)CC(=O)Nc1ccccc1SC(F)(F)F.Cl. The number of thioether (sulfide) groups is 1. The smallest absolute Gasteiger partial charge is 0.327 e. The Bertz CT molecular complexity index is 427. The molecule has 0 spiro atoms. The summed E-state index contributed by atoms with van der Waals surface area (Å²) in [6.45, 7) is 1.65. The van der Waals surface area contributed by atoms with E-state index in [9.17, 15) is 18.0 Å². The summed E-state index contributed by atoms with van der Waals surface area (Å²) in [4.78, 5) is 11.4. The van der Waals surface area contributed by atoms with E-state index in [1.165, 1.54) is 18.2 Å². The molecule has 1 rings (SSSR count). The van der Waals surface area contributed by atoms with Crippen LogP contribution in [0.3, 0.4) is 0 Å². The molecule has 19 heavy (non-hydrogen) atoms. The van der Waals surface area contributed by atoms with Gasteiger partial charge >= 0.3 is 5.51 Å². The first kappa shape index (κ1) is 18.1. The van der Waals surface area contributed by atoms with Crippen LogP contribution in [0.1, 0.15) is 13.3 Å². The lowest BCUT2D eigenvalue weighted by molar-refractivity contribution is -0.116. The molecule has 1 unspecified atom stereocenters. The minimum absolute atomic E-state index is 0. The van der Waals surface area contributed by atoms with Crippen molar-refractivity contribution in [2.24, 2.45) is 5.73 Å². The zero-order valence-corrected chi connectivity index (χ0v) is 11.7. The molecule has 0 bridgehead atoms. The molecule has 8 heteroatoms. The summed E-state index contributed by atoms with van der Waals surface area (Å²) in [6, 6.07) is 5.43. The minimum Gasteiger partial charge on any atom is -0.327 e. The Labute approximate surface area is 119 Å². The van der Waals surface area contributed by atoms with Crippen LogP contribution in [0.5, 0.6) is 0 Å². The largest absolute Gasteiger partial charge is 0.446 e. The maximum Gasteiger partial charge on any atom is 0.446 e. The quantitative estimate of drug-likeness (QED) is 0.838. The van der Waals surface area contributed by atoms with Crippen molar-refractivity contribution in [2.75, 3.05) is 5.32 Å². The molecular formula is C11H14ClF3N2OS. The van der Waals surface area contributed by atoms with Crippen LogP contribution in [-0.2, 0) is 4.79 Å². The summed E-state index contributed by atoms with van der Waals surface area (Å²) in [5, 5.41) is 2.42. The van der Waals surface area contributed by atoms with Gasteiger partial charge in [-0.25, -0.2) is 0 Å². The second-order valence-electron chi connectivity index (χ2n) is 3.77. The Morgan fingerprint density at radius 3 is 2.53 bits per heavy atom. The molecule has 0 saturated carbocycles. The summed E-state index contributed by atoms with van der Waals surface area (Å²) >= 11 is -0.258. The standard InChI is InChI=1S/C11H13F3N2OS.ClH/c1-7(15)6-10(17)16-8-4-2-3-5-9(8)18-11(12,13)14;/h2-5,7H,6,15H2,1H3,(H,16,17);1H. The Balaban J connectivity index is 0.00000324. The van der Waals surface area contributed by atoms with Crippen molar-refractivity contribution in [3.05, 3.63) is 24.3 Å². The Kier molecular flexibility index (Phi) is 7.25. The Morgan fingerprint density at radius 2 is 2.00 bits per heavy atom. The molecule has 1 atom stereocenters. The van der Waals surface area contributed by atoms with Gasteiger partial charge in [0, 0.05) is 17.4 Å². The maximum atomic E-state index is 12.3. The summed E-state index contributed by atoms with van der Waals surface area (Å²) in [5.74, 6) is -0.403. The van der Waals surface area contributed by atoms with E-state index in [4.69, 9.17) is 5.73 Å². The molecular weight excluding hydrogens is 301 g/mol. The topological polar surface area (TPSA) is 55.1 Å². The summed E-state index contributed by atoms with van der Waals surface area (Å²) in [5.41, 5.74) is 1.20. The van der Waals surface area contributed by atoms with E-state index in [1.807, 2.05) is 0 Å². The number of amides is 1. The highest BCUT2D eigenvalue weighted by molar-refractivity contribution is 8.00. The number of rotatable bonds is 4. The molecule has 0 aliphatic rings. The van der Waals surface area contributed by atoms with Crippen LogP contribution in [-0.4, -0.2) is 17.5 Å². The first-order chi connectivity index (χ1) is 8.28. The third kappa shape index (κ3) is 7.29. The van der Waals surface area contributed by atoms with E-state index < -0.39 is 11.4 Å².